The molecule has 0 saturated heterocycles. The summed E-state index contributed by atoms with van der Waals surface area (Å²) >= 11 is 0. The Hall–Kier alpha value is -0.514. The standard InChI is InChI=1S/C13H11O.BrH.Mg/c1-14-13-10-6-5-9-12(13)11-7-3-2-4-8-11;;/h3-10H,1H3;1H;/q-1;;+2/p-1. The molecule has 0 N–H and O–H groups in total. The molecule has 0 amide bonds. The third-order valence-electron chi connectivity index (χ3n) is 2.14. The molecule has 0 aromatic heterocycles. The number of para-hydroxylation sites is 1. The Morgan fingerprint density at radius 1 is 1.00 bits per heavy atom. The van der Waals surface area contributed by atoms with Crippen molar-refractivity contribution in [2.75, 3.05) is 7.11 Å². The van der Waals surface area contributed by atoms with Crippen LogP contribution in [-0.2, 0) is 0 Å². The zero-order chi connectivity index (χ0) is 9.80. The summed E-state index contributed by atoms with van der Waals surface area (Å²) in [5.74, 6) is 0.902. The molecule has 0 aliphatic heterocycles. The molecule has 0 bridgehead atoms. The molecule has 1 nitrogen and oxygen atoms in total. The second kappa shape index (κ2) is 7.71. The fraction of sp³-hybridized carbons (Fsp3) is 0.0769. The molecule has 0 aliphatic carbocycles. The number of benzene rings is 2. The molecule has 0 radical (unpaired) electrons. The molecule has 0 atom stereocenters. The number of methoxy groups -OCH3 is 1. The van der Waals surface area contributed by atoms with Gasteiger partial charge in [-0.3, -0.25) is 0 Å². The van der Waals surface area contributed by atoms with Crippen molar-refractivity contribution in [2.24, 2.45) is 0 Å². The summed E-state index contributed by atoms with van der Waals surface area (Å²) in [6.45, 7) is 0. The van der Waals surface area contributed by atoms with Gasteiger partial charge in [-0.15, -0.1) is 5.56 Å². The Kier molecular flexibility index (Phi) is 7.46. The molecule has 2 aromatic carbocycles. The van der Waals surface area contributed by atoms with Crippen LogP contribution in [-0.4, -0.2) is 30.2 Å². The quantitative estimate of drug-likeness (QED) is 0.548. The fourth-order valence-corrected chi connectivity index (χ4v) is 1.45. The first-order chi connectivity index (χ1) is 6.92. The summed E-state index contributed by atoms with van der Waals surface area (Å²) in [7, 11) is 1.69. The Morgan fingerprint density at radius 3 is 2.25 bits per heavy atom. The maximum atomic E-state index is 5.29. The van der Waals surface area contributed by atoms with Crippen LogP contribution in [0, 0.1) is 6.07 Å². The van der Waals surface area contributed by atoms with Gasteiger partial charge in [-0.05, 0) is 11.6 Å². The van der Waals surface area contributed by atoms with E-state index < -0.39 is 0 Å². The number of halogens is 1. The van der Waals surface area contributed by atoms with E-state index in [0.717, 1.165) is 16.9 Å². The summed E-state index contributed by atoms with van der Waals surface area (Å²) in [4.78, 5) is 0. The Labute approximate surface area is 123 Å². The van der Waals surface area contributed by atoms with Crippen LogP contribution >= 0.6 is 0 Å². The minimum absolute atomic E-state index is 0. The van der Waals surface area contributed by atoms with Crippen LogP contribution in [0.1, 0.15) is 0 Å². The summed E-state index contributed by atoms with van der Waals surface area (Å²) < 4.78 is 5.29. The third kappa shape index (κ3) is 3.51. The monoisotopic (exact) mass is 286 g/mol. The summed E-state index contributed by atoms with van der Waals surface area (Å²) in [6.07, 6.45) is 0. The first-order valence-electron chi connectivity index (χ1n) is 4.51. The molecular formula is C13H11BrMgO. The van der Waals surface area contributed by atoms with Gasteiger partial charge in [-0.1, -0.05) is 18.2 Å². The Balaban J connectivity index is 0.00000112. The Morgan fingerprint density at radius 2 is 1.62 bits per heavy atom. The van der Waals surface area contributed by atoms with Crippen LogP contribution in [0.3, 0.4) is 0 Å². The van der Waals surface area contributed by atoms with Gasteiger partial charge < -0.3 is 21.7 Å². The zero-order valence-corrected chi connectivity index (χ0v) is 12.1. The minimum atomic E-state index is 0. The molecule has 3 heteroatoms. The topological polar surface area (TPSA) is 9.23 Å². The van der Waals surface area contributed by atoms with E-state index in [-0.39, 0.29) is 40.0 Å². The van der Waals surface area contributed by atoms with E-state index in [4.69, 9.17) is 4.74 Å². The van der Waals surface area contributed by atoms with E-state index in [1.165, 1.54) is 0 Å². The first kappa shape index (κ1) is 15.5. The first-order valence-corrected chi connectivity index (χ1v) is 4.51. The van der Waals surface area contributed by atoms with E-state index in [9.17, 15) is 0 Å². The molecular weight excluding hydrogens is 276 g/mol. The minimum Gasteiger partial charge on any atom is -1.00 e. The molecule has 0 fully saturated rings. The van der Waals surface area contributed by atoms with Crippen LogP contribution in [0.5, 0.6) is 5.75 Å². The predicted molar refractivity (Wildman–Crippen MR) is 63.0 cm³/mol. The third-order valence-corrected chi connectivity index (χ3v) is 2.14. The maximum Gasteiger partial charge on any atom is 2.00 e. The van der Waals surface area contributed by atoms with Gasteiger partial charge in [0.2, 0.25) is 0 Å². The molecule has 78 valence electrons. The largest absolute Gasteiger partial charge is 2.00 e. The fourth-order valence-electron chi connectivity index (χ4n) is 1.45. The normalized spacial score (nSPS) is 8.56. The number of hydrogen-bond acceptors (Lipinski definition) is 1. The summed E-state index contributed by atoms with van der Waals surface area (Å²) in [5.41, 5.74) is 2.27. The SMILES string of the molecule is COc1ccccc1-c1cc[c-]cc1.[Br-].[Mg+2]. The van der Waals surface area contributed by atoms with Crippen molar-refractivity contribution >= 4 is 23.1 Å². The van der Waals surface area contributed by atoms with Crippen LogP contribution < -0.4 is 21.7 Å². The van der Waals surface area contributed by atoms with Crippen LogP contribution in [0.4, 0.5) is 0 Å². The molecule has 16 heavy (non-hydrogen) atoms. The van der Waals surface area contributed by atoms with Gasteiger partial charge in [0.05, 0.1) is 7.11 Å². The van der Waals surface area contributed by atoms with Gasteiger partial charge in [0, 0.05) is 0 Å². The van der Waals surface area contributed by atoms with Gasteiger partial charge in [0.1, 0.15) is 5.75 Å². The Bertz CT molecular complexity index is 417. The van der Waals surface area contributed by atoms with Crippen molar-refractivity contribution < 1.29 is 21.7 Å². The smallest absolute Gasteiger partial charge is 1.00 e. The molecule has 0 spiro atoms. The molecule has 0 saturated carbocycles. The molecule has 0 heterocycles. The van der Waals surface area contributed by atoms with Crippen molar-refractivity contribution in [1.29, 1.82) is 0 Å². The zero-order valence-electron chi connectivity index (χ0n) is 9.11. The van der Waals surface area contributed by atoms with Gasteiger partial charge in [0.25, 0.3) is 0 Å². The number of ether oxygens (including phenoxy) is 1. The van der Waals surface area contributed by atoms with Crippen molar-refractivity contribution in [3.63, 3.8) is 0 Å². The van der Waals surface area contributed by atoms with Crippen molar-refractivity contribution in [2.45, 2.75) is 0 Å². The van der Waals surface area contributed by atoms with E-state index in [0.29, 0.717) is 0 Å². The van der Waals surface area contributed by atoms with Crippen molar-refractivity contribution in [3.05, 3.63) is 54.6 Å². The van der Waals surface area contributed by atoms with Crippen LogP contribution in [0.2, 0.25) is 0 Å². The second-order valence-corrected chi connectivity index (χ2v) is 2.99. The van der Waals surface area contributed by atoms with Gasteiger partial charge in [-0.25, -0.2) is 0 Å². The molecule has 2 rings (SSSR count). The average molecular weight is 287 g/mol. The van der Waals surface area contributed by atoms with Crippen LogP contribution in [0.25, 0.3) is 11.1 Å². The van der Waals surface area contributed by atoms with Gasteiger partial charge in [0.15, 0.2) is 0 Å². The maximum absolute atomic E-state index is 5.29. The van der Waals surface area contributed by atoms with Crippen LogP contribution in [0.15, 0.2) is 48.5 Å². The molecule has 2 aromatic rings. The summed E-state index contributed by atoms with van der Waals surface area (Å²) in [6, 6.07) is 18.9. The van der Waals surface area contributed by atoms with Gasteiger partial charge >= 0.3 is 23.1 Å². The van der Waals surface area contributed by atoms with Crippen molar-refractivity contribution in [1.82, 2.24) is 0 Å². The van der Waals surface area contributed by atoms with E-state index >= 15 is 0 Å². The number of hydrogen-bond donors (Lipinski definition) is 0. The predicted octanol–water partition coefficient (Wildman–Crippen LogP) is -0.214. The molecule has 0 aliphatic rings. The van der Waals surface area contributed by atoms with E-state index in [1.807, 2.05) is 48.5 Å². The second-order valence-electron chi connectivity index (χ2n) is 2.99. The van der Waals surface area contributed by atoms with Gasteiger partial charge in [-0.2, -0.15) is 30.3 Å². The van der Waals surface area contributed by atoms with E-state index in [2.05, 4.69) is 6.07 Å². The molecule has 0 unspecified atom stereocenters. The average Bonchev–Trinajstić information content (AvgIpc) is 2.30. The van der Waals surface area contributed by atoms with E-state index in [1.54, 1.807) is 7.11 Å². The summed E-state index contributed by atoms with van der Waals surface area (Å²) in [5, 5.41) is 0. The van der Waals surface area contributed by atoms with Crippen molar-refractivity contribution in [3.8, 4) is 16.9 Å². The number of rotatable bonds is 2.